The van der Waals surface area contributed by atoms with Crippen LogP contribution in [0.4, 0.5) is 5.82 Å². The number of aromatic nitrogens is 1. The van der Waals surface area contributed by atoms with Gasteiger partial charge < -0.3 is 16.8 Å². The molecule has 0 saturated carbocycles. The van der Waals surface area contributed by atoms with Gasteiger partial charge in [0.15, 0.2) is 0 Å². The summed E-state index contributed by atoms with van der Waals surface area (Å²) in [6, 6.07) is 7.88. The lowest BCUT2D eigenvalue weighted by molar-refractivity contribution is 0.100. The van der Waals surface area contributed by atoms with Gasteiger partial charge in [-0.05, 0) is 36.6 Å². The molecule has 130 valence electrons. The Labute approximate surface area is 147 Å². The summed E-state index contributed by atoms with van der Waals surface area (Å²) < 4.78 is 0. The topological polar surface area (TPSA) is 106 Å². The van der Waals surface area contributed by atoms with Gasteiger partial charge in [0, 0.05) is 43.3 Å². The third kappa shape index (κ3) is 4.44. The number of hydrogen-bond donors (Lipinski definition) is 3. The number of pyridine rings is 1. The fourth-order valence-electron chi connectivity index (χ4n) is 2.40. The number of rotatable bonds is 6. The smallest absolute Gasteiger partial charge is 0.252 e. The number of amides is 1. The molecule has 25 heavy (non-hydrogen) atoms. The molecule has 1 amide bonds. The van der Waals surface area contributed by atoms with E-state index in [4.69, 9.17) is 11.5 Å². The standard InChI is InChI=1S/C19H23N5O/c1-12-4-5-14(6-13(12)2)9-23-19-17(18(21)25)7-15(11-24-19)16(8-20)10-22-3/h4-8,10-11H,9,20H2,1-3H3,(H2,21,25)(H,23,24). The fraction of sp³-hybridized carbons (Fsp3) is 0.211. The number of allylic oxidation sites excluding steroid dienone is 1. The Balaban J connectivity index is 2.28. The Morgan fingerprint density at radius 1 is 1.28 bits per heavy atom. The number of hydrogen-bond acceptors (Lipinski definition) is 5. The summed E-state index contributed by atoms with van der Waals surface area (Å²) >= 11 is 0. The molecular weight excluding hydrogens is 314 g/mol. The quantitative estimate of drug-likeness (QED) is 0.704. The summed E-state index contributed by atoms with van der Waals surface area (Å²) in [5.74, 6) is -0.110. The number of anilines is 1. The minimum atomic E-state index is -0.554. The zero-order chi connectivity index (χ0) is 18.4. The predicted octanol–water partition coefficient (Wildman–Crippen LogP) is 2.41. The number of aryl methyl sites for hydroxylation is 2. The fourth-order valence-corrected chi connectivity index (χ4v) is 2.40. The molecule has 6 nitrogen and oxygen atoms in total. The van der Waals surface area contributed by atoms with E-state index in [0.717, 1.165) is 5.56 Å². The molecule has 0 bridgehead atoms. The van der Waals surface area contributed by atoms with Crippen LogP contribution in [0.3, 0.4) is 0 Å². The summed E-state index contributed by atoms with van der Waals surface area (Å²) in [4.78, 5) is 20.1. The lowest BCUT2D eigenvalue weighted by atomic mass is 10.1. The zero-order valence-corrected chi connectivity index (χ0v) is 14.7. The molecule has 0 saturated heterocycles. The van der Waals surface area contributed by atoms with E-state index in [2.05, 4.69) is 41.3 Å². The summed E-state index contributed by atoms with van der Waals surface area (Å²) in [5, 5.41) is 3.18. The summed E-state index contributed by atoms with van der Waals surface area (Å²) in [5.41, 5.74) is 16.3. The average Bonchev–Trinajstić information content (AvgIpc) is 2.60. The number of carbonyl (C=O) groups excluding carboxylic acids is 1. The highest BCUT2D eigenvalue weighted by atomic mass is 16.1. The predicted molar refractivity (Wildman–Crippen MR) is 103 cm³/mol. The molecule has 2 rings (SSSR count). The molecule has 0 radical (unpaired) electrons. The van der Waals surface area contributed by atoms with Crippen LogP contribution in [-0.2, 0) is 6.54 Å². The second-order valence-corrected chi connectivity index (χ2v) is 5.77. The highest BCUT2D eigenvalue weighted by Gasteiger charge is 2.12. The molecule has 0 aliphatic carbocycles. The van der Waals surface area contributed by atoms with Crippen LogP contribution in [0, 0.1) is 13.8 Å². The van der Waals surface area contributed by atoms with E-state index in [-0.39, 0.29) is 0 Å². The summed E-state index contributed by atoms with van der Waals surface area (Å²) in [6.45, 7) is 4.68. The lowest BCUT2D eigenvalue weighted by Crippen LogP contribution is -2.16. The van der Waals surface area contributed by atoms with Gasteiger partial charge in [-0.2, -0.15) is 0 Å². The van der Waals surface area contributed by atoms with Crippen molar-refractivity contribution in [2.45, 2.75) is 20.4 Å². The van der Waals surface area contributed by atoms with Gasteiger partial charge in [0.1, 0.15) is 5.82 Å². The van der Waals surface area contributed by atoms with Crippen molar-refractivity contribution in [3.05, 3.63) is 64.5 Å². The van der Waals surface area contributed by atoms with Crippen molar-refractivity contribution in [1.82, 2.24) is 4.98 Å². The molecule has 2 aromatic rings. The number of nitrogens with one attached hydrogen (secondary N) is 1. The number of primary amides is 1. The van der Waals surface area contributed by atoms with Crippen molar-refractivity contribution in [2.75, 3.05) is 12.4 Å². The number of carbonyl (C=O) groups is 1. The van der Waals surface area contributed by atoms with E-state index in [1.165, 1.54) is 17.3 Å². The van der Waals surface area contributed by atoms with Crippen molar-refractivity contribution >= 4 is 23.5 Å². The Kier molecular flexibility index (Phi) is 5.89. The van der Waals surface area contributed by atoms with Crippen molar-refractivity contribution in [3.8, 4) is 0 Å². The summed E-state index contributed by atoms with van der Waals surface area (Å²) in [7, 11) is 1.64. The van der Waals surface area contributed by atoms with Gasteiger partial charge >= 0.3 is 0 Å². The largest absolute Gasteiger partial charge is 0.404 e. The summed E-state index contributed by atoms with van der Waals surface area (Å²) in [6.07, 6.45) is 4.65. The Bertz CT molecular complexity index is 840. The normalized spacial score (nSPS) is 11.7. The van der Waals surface area contributed by atoms with Gasteiger partial charge in [-0.3, -0.25) is 9.79 Å². The van der Waals surface area contributed by atoms with Gasteiger partial charge in [-0.1, -0.05) is 18.2 Å². The molecule has 0 spiro atoms. The molecule has 1 aromatic carbocycles. The van der Waals surface area contributed by atoms with Gasteiger partial charge in [0.2, 0.25) is 0 Å². The van der Waals surface area contributed by atoms with E-state index in [0.29, 0.717) is 29.1 Å². The maximum atomic E-state index is 11.8. The lowest BCUT2D eigenvalue weighted by Gasteiger charge is -2.12. The van der Waals surface area contributed by atoms with Crippen molar-refractivity contribution in [2.24, 2.45) is 16.5 Å². The van der Waals surface area contributed by atoms with Crippen LogP contribution in [0.2, 0.25) is 0 Å². The van der Waals surface area contributed by atoms with Crippen molar-refractivity contribution < 1.29 is 4.79 Å². The average molecular weight is 337 g/mol. The molecule has 0 fully saturated rings. The van der Waals surface area contributed by atoms with E-state index >= 15 is 0 Å². The number of nitrogens with two attached hydrogens (primary N) is 2. The second-order valence-electron chi connectivity index (χ2n) is 5.77. The molecule has 0 aliphatic heterocycles. The third-order valence-electron chi connectivity index (χ3n) is 3.97. The first-order valence-corrected chi connectivity index (χ1v) is 7.90. The molecule has 0 unspecified atom stereocenters. The molecule has 1 aromatic heterocycles. The number of benzene rings is 1. The van der Waals surface area contributed by atoms with Gasteiger partial charge in [0.25, 0.3) is 5.91 Å². The first-order chi connectivity index (χ1) is 12.0. The van der Waals surface area contributed by atoms with E-state index in [1.54, 1.807) is 25.5 Å². The zero-order valence-electron chi connectivity index (χ0n) is 14.7. The maximum Gasteiger partial charge on any atom is 0.252 e. The minimum absolute atomic E-state index is 0.310. The molecule has 5 N–H and O–H groups in total. The highest BCUT2D eigenvalue weighted by Crippen LogP contribution is 2.19. The highest BCUT2D eigenvalue weighted by molar-refractivity contribution is 6.10. The Morgan fingerprint density at radius 3 is 2.64 bits per heavy atom. The molecule has 0 atom stereocenters. The van der Waals surface area contributed by atoms with Crippen LogP contribution in [-0.4, -0.2) is 24.2 Å². The van der Waals surface area contributed by atoms with Crippen LogP contribution < -0.4 is 16.8 Å². The van der Waals surface area contributed by atoms with Crippen molar-refractivity contribution in [3.63, 3.8) is 0 Å². The Hall–Kier alpha value is -3.15. The molecule has 6 heteroatoms. The van der Waals surface area contributed by atoms with E-state index in [9.17, 15) is 4.79 Å². The SMILES string of the molecule is CN=CC(=CN)c1cnc(NCc2ccc(C)c(C)c2)c(C(N)=O)c1. The van der Waals surface area contributed by atoms with Crippen LogP contribution in [0.15, 0.2) is 41.7 Å². The van der Waals surface area contributed by atoms with E-state index < -0.39 is 5.91 Å². The Morgan fingerprint density at radius 2 is 2.04 bits per heavy atom. The van der Waals surface area contributed by atoms with Gasteiger partial charge in [0.05, 0.1) is 5.56 Å². The van der Waals surface area contributed by atoms with Gasteiger partial charge in [-0.25, -0.2) is 4.98 Å². The van der Waals surface area contributed by atoms with E-state index in [1.807, 2.05) is 6.07 Å². The van der Waals surface area contributed by atoms with Crippen LogP contribution >= 0.6 is 0 Å². The molecule has 0 aliphatic rings. The van der Waals surface area contributed by atoms with Crippen LogP contribution in [0.1, 0.15) is 32.6 Å². The van der Waals surface area contributed by atoms with Crippen LogP contribution in [0.5, 0.6) is 0 Å². The van der Waals surface area contributed by atoms with Crippen LogP contribution in [0.25, 0.3) is 5.57 Å². The van der Waals surface area contributed by atoms with Gasteiger partial charge in [-0.15, -0.1) is 0 Å². The third-order valence-corrected chi connectivity index (χ3v) is 3.97. The molecule has 1 heterocycles. The maximum absolute atomic E-state index is 11.8. The van der Waals surface area contributed by atoms with Crippen molar-refractivity contribution in [1.29, 1.82) is 0 Å². The minimum Gasteiger partial charge on any atom is -0.404 e. The second kappa shape index (κ2) is 8.10. The first-order valence-electron chi connectivity index (χ1n) is 7.90. The number of aliphatic imine (C=N–C) groups is 1. The number of nitrogens with zero attached hydrogens (tertiary/aromatic N) is 2. The molecular formula is C19H23N5O. The monoisotopic (exact) mass is 337 g/mol. The first kappa shape index (κ1) is 18.2.